The summed E-state index contributed by atoms with van der Waals surface area (Å²) >= 11 is 0. The first-order valence-electron chi connectivity index (χ1n) is 5.19. The van der Waals surface area contributed by atoms with Gasteiger partial charge in [0.05, 0.1) is 12.3 Å². The van der Waals surface area contributed by atoms with Crippen molar-refractivity contribution in [2.75, 3.05) is 0 Å². The highest BCUT2D eigenvalue weighted by atomic mass is 16.3. The van der Waals surface area contributed by atoms with Gasteiger partial charge in [0.15, 0.2) is 0 Å². The van der Waals surface area contributed by atoms with Crippen LogP contribution < -0.4 is 0 Å². The molecule has 0 unspecified atom stereocenters. The molecule has 3 heteroatoms. The van der Waals surface area contributed by atoms with Gasteiger partial charge in [0.25, 0.3) is 0 Å². The Bertz CT molecular complexity index is 332. The summed E-state index contributed by atoms with van der Waals surface area (Å²) in [5, 5.41) is 9.13. The summed E-state index contributed by atoms with van der Waals surface area (Å²) in [5.74, 6) is 1.91. The number of aliphatic hydroxyl groups excluding tert-OH is 1. The summed E-state index contributed by atoms with van der Waals surface area (Å²) in [6.07, 6.45) is 4.21. The summed E-state index contributed by atoms with van der Waals surface area (Å²) < 4.78 is 0. The van der Waals surface area contributed by atoms with Crippen LogP contribution in [0.5, 0.6) is 0 Å². The van der Waals surface area contributed by atoms with E-state index in [1.165, 1.54) is 12.8 Å². The van der Waals surface area contributed by atoms with Crippen LogP contribution >= 0.6 is 0 Å². The van der Waals surface area contributed by atoms with Gasteiger partial charge in [-0.05, 0) is 18.8 Å². The van der Waals surface area contributed by atoms with Crippen LogP contribution in [-0.4, -0.2) is 15.1 Å². The lowest BCUT2D eigenvalue weighted by atomic mass is 10.1. The molecule has 76 valence electrons. The molecule has 0 atom stereocenters. The average molecular weight is 192 g/mol. The molecule has 0 spiro atoms. The van der Waals surface area contributed by atoms with Crippen LogP contribution in [0.3, 0.4) is 0 Å². The molecule has 1 saturated carbocycles. The molecule has 2 rings (SSSR count). The predicted molar refractivity (Wildman–Crippen MR) is 54.0 cm³/mol. The number of hydrogen-bond acceptors (Lipinski definition) is 3. The van der Waals surface area contributed by atoms with Gasteiger partial charge in [-0.1, -0.05) is 13.8 Å². The molecule has 0 aliphatic heterocycles. The van der Waals surface area contributed by atoms with E-state index in [0.717, 1.165) is 17.1 Å². The van der Waals surface area contributed by atoms with Crippen LogP contribution in [0.2, 0.25) is 0 Å². The van der Waals surface area contributed by atoms with E-state index in [1.807, 2.05) is 0 Å². The number of hydrogen-bond donors (Lipinski definition) is 1. The van der Waals surface area contributed by atoms with Crippen LogP contribution in [0, 0.1) is 0 Å². The zero-order valence-electron chi connectivity index (χ0n) is 8.70. The van der Waals surface area contributed by atoms with Gasteiger partial charge in [0, 0.05) is 17.7 Å². The van der Waals surface area contributed by atoms with Gasteiger partial charge >= 0.3 is 0 Å². The number of aliphatic hydroxyl groups is 1. The highest BCUT2D eigenvalue weighted by Gasteiger charge is 2.27. The van der Waals surface area contributed by atoms with E-state index in [0.29, 0.717) is 11.8 Å². The van der Waals surface area contributed by atoms with Crippen LogP contribution in [0.4, 0.5) is 0 Å². The smallest absolute Gasteiger partial charge is 0.131 e. The molecule has 0 amide bonds. The molecule has 0 bridgehead atoms. The second kappa shape index (κ2) is 3.65. The van der Waals surface area contributed by atoms with E-state index < -0.39 is 0 Å². The van der Waals surface area contributed by atoms with Crippen LogP contribution in [-0.2, 0) is 6.61 Å². The lowest BCUT2D eigenvalue weighted by Crippen LogP contribution is -2.05. The first-order valence-corrected chi connectivity index (χ1v) is 5.19. The maximum absolute atomic E-state index is 9.13. The van der Waals surface area contributed by atoms with Crippen molar-refractivity contribution >= 4 is 0 Å². The third-order valence-corrected chi connectivity index (χ3v) is 2.58. The number of rotatable bonds is 3. The van der Waals surface area contributed by atoms with E-state index in [2.05, 4.69) is 23.8 Å². The molecule has 0 radical (unpaired) electrons. The van der Waals surface area contributed by atoms with Crippen molar-refractivity contribution in [3.8, 4) is 0 Å². The molecule has 1 N–H and O–H groups in total. The maximum Gasteiger partial charge on any atom is 0.131 e. The molecule has 0 aromatic carbocycles. The van der Waals surface area contributed by atoms with E-state index in [9.17, 15) is 0 Å². The van der Waals surface area contributed by atoms with Gasteiger partial charge in [0.1, 0.15) is 5.82 Å². The fourth-order valence-corrected chi connectivity index (χ4v) is 1.59. The molecule has 0 saturated heterocycles. The lowest BCUT2D eigenvalue weighted by Gasteiger charge is -2.10. The minimum Gasteiger partial charge on any atom is -0.392 e. The molecule has 1 heterocycles. The van der Waals surface area contributed by atoms with Crippen molar-refractivity contribution in [3.05, 3.63) is 23.3 Å². The van der Waals surface area contributed by atoms with E-state index in [4.69, 9.17) is 5.11 Å². The molecule has 14 heavy (non-hydrogen) atoms. The highest BCUT2D eigenvalue weighted by molar-refractivity contribution is 5.22. The Labute approximate surface area is 84.2 Å². The van der Waals surface area contributed by atoms with Gasteiger partial charge in [-0.2, -0.15) is 0 Å². The van der Waals surface area contributed by atoms with Crippen molar-refractivity contribution in [3.63, 3.8) is 0 Å². The third-order valence-electron chi connectivity index (χ3n) is 2.58. The van der Waals surface area contributed by atoms with Crippen LogP contribution in [0.25, 0.3) is 0 Å². The molecule has 3 nitrogen and oxygen atoms in total. The molecular weight excluding hydrogens is 176 g/mol. The molecule has 1 aromatic rings. The Kier molecular flexibility index (Phi) is 2.50. The first kappa shape index (κ1) is 9.59. The Morgan fingerprint density at radius 1 is 1.50 bits per heavy atom. The van der Waals surface area contributed by atoms with Crippen molar-refractivity contribution in [2.24, 2.45) is 0 Å². The fourth-order valence-electron chi connectivity index (χ4n) is 1.59. The third kappa shape index (κ3) is 1.77. The van der Waals surface area contributed by atoms with Crippen LogP contribution in [0.15, 0.2) is 6.20 Å². The van der Waals surface area contributed by atoms with Crippen molar-refractivity contribution < 1.29 is 5.11 Å². The minimum absolute atomic E-state index is 0.0401. The van der Waals surface area contributed by atoms with Gasteiger partial charge in [-0.15, -0.1) is 0 Å². The van der Waals surface area contributed by atoms with E-state index in [-0.39, 0.29) is 6.61 Å². The Morgan fingerprint density at radius 3 is 2.71 bits per heavy atom. The molecule has 1 aliphatic carbocycles. The standard InChI is InChI=1S/C11H16N2O/c1-7(2)10-9(6-14)5-12-11(13-10)8-3-4-8/h5,7-8,14H,3-4,6H2,1-2H3. The number of nitrogens with zero attached hydrogens (tertiary/aromatic N) is 2. The molecule has 1 aromatic heterocycles. The van der Waals surface area contributed by atoms with Gasteiger partial charge < -0.3 is 5.11 Å². The van der Waals surface area contributed by atoms with Crippen LogP contribution in [0.1, 0.15) is 55.6 Å². The Morgan fingerprint density at radius 2 is 2.21 bits per heavy atom. The van der Waals surface area contributed by atoms with Crippen molar-refractivity contribution in [2.45, 2.75) is 45.1 Å². The Hall–Kier alpha value is -0.960. The van der Waals surface area contributed by atoms with Gasteiger partial charge in [-0.25, -0.2) is 9.97 Å². The topological polar surface area (TPSA) is 46.0 Å². The second-order valence-electron chi connectivity index (χ2n) is 4.23. The summed E-state index contributed by atoms with van der Waals surface area (Å²) in [4.78, 5) is 8.82. The van der Waals surface area contributed by atoms with Crippen molar-refractivity contribution in [1.29, 1.82) is 0 Å². The molecule has 1 fully saturated rings. The monoisotopic (exact) mass is 192 g/mol. The average Bonchev–Trinajstić information content (AvgIpc) is 3.00. The quantitative estimate of drug-likeness (QED) is 0.796. The van der Waals surface area contributed by atoms with Gasteiger partial charge in [0.2, 0.25) is 0 Å². The maximum atomic E-state index is 9.13. The highest BCUT2D eigenvalue weighted by Crippen LogP contribution is 2.38. The summed E-state index contributed by atoms with van der Waals surface area (Å²) in [5.41, 5.74) is 1.87. The van der Waals surface area contributed by atoms with E-state index >= 15 is 0 Å². The molecule has 1 aliphatic rings. The molecular formula is C11H16N2O. The summed E-state index contributed by atoms with van der Waals surface area (Å²) in [7, 11) is 0. The second-order valence-corrected chi connectivity index (χ2v) is 4.23. The number of aromatic nitrogens is 2. The van der Waals surface area contributed by atoms with E-state index in [1.54, 1.807) is 6.20 Å². The first-order chi connectivity index (χ1) is 6.72. The SMILES string of the molecule is CC(C)c1nc(C2CC2)ncc1CO. The lowest BCUT2D eigenvalue weighted by molar-refractivity contribution is 0.278. The Balaban J connectivity index is 2.35. The summed E-state index contributed by atoms with van der Waals surface area (Å²) in [6.45, 7) is 4.23. The largest absolute Gasteiger partial charge is 0.392 e. The fraction of sp³-hybridized carbons (Fsp3) is 0.636. The van der Waals surface area contributed by atoms with Crippen molar-refractivity contribution in [1.82, 2.24) is 9.97 Å². The zero-order chi connectivity index (χ0) is 10.1. The van der Waals surface area contributed by atoms with Gasteiger partial charge in [-0.3, -0.25) is 0 Å². The minimum atomic E-state index is 0.0401. The predicted octanol–water partition coefficient (Wildman–Crippen LogP) is 1.97. The summed E-state index contributed by atoms with van der Waals surface area (Å²) in [6, 6.07) is 0. The zero-order valence-corrected chi connectivity index (χ0v) is 8.70. The normalized spacial score (nSPS) is 16.3.